The Kier molecular flexibility index (Phi) is 6.79. The van der Waals surface area contributed by atoms with Gasteiger partial charge in [-0.2, -0.15) is 8.78 Å². The summed E-state index contributed by atoms with van der Waals surface area (Å²) in [5.74, 6) is 0.611. The van der Waals surface area contributed by atoms with Gasteiger partial charge in [0.15, 0.2) is 0 Å². The average molecular weight is 397 g/mol. The molecule has 29 heavy (non-hydrogen) atoms. The summed E-state index contributed by atoms with van der Waals surface area (Å²) in [4.78, 5) is 12.7. The van der Waals surface area contributed by atoms with Crippen molar-refractivity contribution in [1.82, 2.24) is 5.32 Å². The average Bonchev–Trinajstić information content (AvgIpc) is 2.74. The highest BCUT2D eigenvalue weighted by atomic mass is 19.3. The van der Waals surface area contributed by atoms with Crippen LogP contribution in [0.15, 0.2) is 78.9 Å². The quantitative estimate of drug-likeness (QED) is 0.597. The van der Waals surface area contributed by atoms with Gasteiger partial charge < -0.3 is 14.8 Å². The first-order chi connectivity index (χ1) is 14.0. The number of nitrogens with one attached hydrogen (secondary N) is 1. The summed E-state index contributed by atoms with van der Waals surface area (Å²) < 4.78 is 34.0. The van der Waals surface area contributed by atoms with E-state index in [2.05, 4.69) is 10.1 Å². The molecule has 0 fully saturated rings. The maximum absolute atomic E-state index is 12.7. The van der Waals surface area contributed by atoms with Crippen molar-refractivity contribution in [2.45, 2.75) is 19.1 Å². The molecule has 0 radical (unpaired) electrons. The van der Waals surface area contributed by atoms with Crippen molar-refractivity contribution < 1.29 is 23.0 Å². The van der Waals surface area contributed by atoms with Crippen LogP contribution in [0.3, 0.4) is 0 Å². The predicted molar refractivity (Wildman–Crippen MR) is 106 cm³/mol. The maximum atomic E-state index is 12.7. The number of methoxy groups -OCH3 is 1. The highest BCUT2D eigenvalue weighted by Gasteiger charge is 2.17. The molecule has 1 unspecified atom stereocenters. The lowest BCUT2D eigenvalue weighted by Crippen LogP contribution is -2.30. The van der Waals surface area contributed by atoms with Crippen LogP contribution in [-0.4, -0.2) is 19.6 Å². The molecule has 0 aliphatic heterocycles. The predicted octanol–water partition coefficient (Wildman–Crippen LogP) is 4.74. The number of rotatable bonds is 8. The topological polar surface area (TPSA) is 47.6 Å². The first kappa shape index (κ1) is 20.3. The number of hydrogen-bond acceptors (Lipinski definition) is 3. The zero-order valence-corrected chi connectivity index (χ0v) is 15.8. The molecule has 0 heterocycles. The number of carbonyl (C=O) groups excluding carboxylic acids is 1. The summed E-state index contributed by atoms with van der Waals surface area (Å²) in [6.07, 6.45) is 0.119. The van der Waals surface area contributed by atoms with Crippen molar-refractivity contribution in [1.29, 1.82) is 0 Å². The number of benzene rings is 3. The molecule has 0 aromatic heterocycles. The second kappa shape index (κ2) is 9.68. The van der Waals surface area contributed by atoms with E-state index < -0.39 is 6.61 Å². The van der Waals surface area contributed by atoms with Crippen molar-refractivity contribution in [2.75, 3.05) is 7.11 Å². The molecule has 6 heteroatoms. The van der Waals surface area contributed by atoms with Crippen LogP contribution in [0.25, 0.3) is 0 Å². The number of amides is 1. The SMILES string of the molecule is COc1ccc(C(NC(=O)Cc2ccc(OC(F)F)cc2)c2ccccc2)cc1. The van der Waals surface area contributed by atoms with Crippen molar-refractivity contribution in [3.8, 4) is 11.5 Å². The third-order valence-electron chi connectivity index (χ3n) is 4.40. The normalized spacial score (nSPS) is 11.7. The minimum Gasteiger partial charge on any atom is -0.497 e. The summed E-state index contributed by atoms with van der Waals surface area (Å²) in [7, 11) is 1.60. The molecule has 150 valence electrons. The van der Waals surface area contributed by atoms with Gasteiger partial charge in [-0.3, -0.25) is 4.79 Å². The van der Waals surface area contributed by atoms with E-state index in [1.165, 1.54) is 12.1 Å². The Morgan fingerprint density at radius 1 is 0.862 bits per heavy atom. The lowest BCUT2D eigenvalue weighted by atomic mass is 9.98. The third kappa shape index (κ3) is 5.78. The van der Waals surface area contributed by atoms with E-state index >= 15 is 0 Å². The minimum atomic E-state index is -2.87. The number of carbonyl (C=O) groups is 1. The molecule has 0 bridgehead atoms. The van der Waals surface area contributed by atoms with Gasteiger partial charge in [-0.15, -0.1) is 0 Å². The molecule has 3 rings (SSSR count). The molecule has 1 amide bonds. The maximum Gasteiger partial charge on any atom is 0.387 e. The van der Waals surface area contributed by atoms with Gasteiger partial charge >= 0.3 is 6.61 Å². The van der Waals surface area contributed by atoms with Gasteiger partial charge in [-0.1, -0.05) is 54.6 Å². The smallest absolute Gasteiger partial charge is 0.387 e. The summed E-state index contributed by atoms with van der Waals surface area (Å²) in [5, 5.41) is 3.05. The lowest BCUT2D eigenvalue weighted by molar-refractivity contribution is -0.120. The van der Waals surface area contributed by atoms with Gasteiger partial charge in [0.25, 0.3) is 0 Å². The van der Waals surface area contributed by atoms with Crippen LogP contribution in [0, 0.1) is 0 Å². The van der Waals surface area contributed by atoms with Crippen LogP contribution in [0.1, 0.15) is 22.7 Å². The van der Waals surface area contributed by atoms with Crippen molar-refractivity contribution in [3.05, 3.63) is 95.6 Å². The van der Waals surface area contributed by atoms with Gasteiger partial charge in [0.05, 0.1) is 19.6 Å². The van der Waals surface area contributed by atoms with Crippen LogP contribution in [0.5, 0.6) is 11.5 Å². The number of halogens is 2. The van der Waals surface area contributed by atoms with Crippen molar-refractivity contribution >= 4 is 5.91 Å². The van der Waals surface area contributed by atoms with E-state index in [1.54, 1.807) is 19.2 Å². The molecule has 4 nitrogen and oxygen atoms in total. The van der Waals surface area contributed by atoms with Crippen LogP contribution in [0.2, 0.25) is 0 Å². The molecule has 0 aliphatic rings. The van der Waals surface area contributed by atoms with E-state index in [4.69, 9.17) is 4.74 Å². The minimum absolute atomic E-state index is 0.0598. The van der Waals surface area contributed by atoms with Gasteiger partial charge in [-0.25, -0.2) is 0 Å². The van der Waals surface area contributed by atoms with E-state index in [0.717, 1.165) is 16.9 Å². The lowest BCUT2D eigenvalue weighted by Gasteiger charge is -2.20. The van der Waals surface area contributed by atoms with Crippen molar-refractivity contribution in [2.24, 2.45) is 0 Å². The Bertz CT molecular complexity index is 913. The zero-order valence-electron chi connectivity index (χ0n) is 15.8. The van der Waals surface area contributed by atoms with Crippen molar-refractivity contribution in [3.63, 3.8) is 0 Å². The van der Waals surface area contributed by atoms with Crippen LogP contribution in [-0.2, 0) is 11.2 Å². The second-order valence-electron chi connectivity index (χ2n) is 6.38. The molecule has 3 aromatic rings. The summed E-state index contributed by atoms with van der Waals surface area (Å²) in [6, 6.07) is 22.9. The van der Waals surface area contributed by atoms with Gasteiger partial charge in [0.1, 0.15) is 11.5 Å². The fraction of sp³-hybridized carbons (Fsp3) is 0.174. The molecular formula is C23H21F2NO3. The molecule has 3 aromatic carbocycles. The Balaban J connectivity index is 1.74. The largest absolute Gasteiger partial charge is 0.497 e. The summed E-state index contributed by atoms with van der Waals surface area (Å²) >= 11 is 0. The number of alkyl halides is 2. The highest BCUT2D eigenvalue weighted by molar-refractivity contribution is 5.79. The Morgan fingerprint density at radius 2 is 1.45 bits per heavy atom. The number of hydrogen-bond donors (Lipinski definition) is 1. The van der Waals surface area contributed by atoms with Crippen LogP contribution >= 0.6 is 0 Å². The van der Waals surface area contributed by atoms with E-state index in [1.807, 2.05) is 54.6 Å². The van der Waals surface area contributed by atoms with Crippen LogP contribution in [0.4, 0.5) is 8.78 Å². The summed E-state index contributed by atoms with van der Waals surface area (Å²) in [6.45, 7) is -2.87. The van der Waals surface area contributed by atoms with E-state index in [0.29, 0.717) is 5.56 Å². The monoisotopic (exact) mass is 397 g/mol. The molecule has 0 saturated carbocycles. The van der Waals surface area contributed by atoms with Gasteiger partial charge in [0, 0.05) is 0 Å². The van der Waals surface area contributed by atoms with E-state index in [-0.39, 0.29) is 24.1 Å². The fourth-order valence-corrected chi connectivity index (χ4v) is 2.99. The third-order valence-corrected chi connectivity index (χ3v) is 4.40. The zero-order chi connectivity index (χ0) is 20.6. The number of ether oxygens (including phenoxy) is 2. The fourth-order valence-electron chi connectivity index (χ4n) is 2.99. The molecule has 0 spiro atoms. The molecule has 1 N–H and O–H groups in total. The first-order valence-electron chi connectivity index (χ1n) is 9.07. The second-order valence-corrected chi connectivity index (χ2v) is 6.38. The van der Waals surface area contributed by atoms with Crippen LogP contribution < -0.4 is 14.8 Å². The highest BCUT2D eigenvalue weighted by Crippen LogP contribution is 2.24. The molecule has 0 aliphatic carbocycles. The first-order valence-corrected chi connectivity index (χ1v) is 9.07. The molecule has 1 atom stereocenters. The molecular weight excluding hydrogens is 376 g/mol. The van der Waals surface area contributed by atoms with Gasteiger partial charge in [0.2, 0.25) is 5.91 Å². The Labute approximate surface area is 168 Å². The summed E-state index contributed by atoms with van der Waals surface area (Å²) in [5.41, 5.74) is 2.57. The Morgan fingerprint density at radius 3 is 2.03 bits per heavy atom. The molecule has 0 saturated heterocycles. The van der Waals surface area contributed by atoms with Gasteiger partial charge in [-0.05, 0) is 41.0 Å². The van der Waals surface area contributed by atoms with E-state index in [9.17, 15) is 13.6 Å². The Hall–Kier alpha value is -3.41. The standard InChI is InChI=1S/C23H21F2NO3/c1-28-19-13-9-18(10-14-19)22(17-5-3-2-4-6-17)26-21(27)15-16-7-11-20(12-8-16)29-23(24)25/h2-14,22-23H,15H2,1H3,(H,26,27).